The second-order valence-electron chi connectivity index (χ2n) is 5.10. The van der Waals surface area contributed by atoms with Crippen molar-refractivity contribution >= 4 is 28.9 Å². The number of carbonyl (C=O) groups is 1. The number of nitrogens with zero attached hydrogens (tertiary/aromatic N) is 1. The first kappa shape index (κ1) is 11.7. The number of carbonyl (C=O) groups excluding carboxylic acids is 1. The van der Waals surface area contributed by atoms with Crippen molar-refractivity contribution in [3.8, 4) is 0 Å². The first-order valence-corrected chi connectivity index (χ1v) is 6.78. The molecule has 0 bridgehead atoms. The van der Waals surface area contributed by atoms with E-state index < -0.39 is 0 Å². The van der Waals surface area contributed by atoms with Crippen LogP contribution in [0.2, 0.25) is 0 Å². The zero-order chi connectivity index (χ0) is 12.7. The maximum Gasteiger partial charge on any atom is 0.326 e. The lowest BCUT2D eigenvalue weighted by atomic mass is 9.99. The van der Waals surface area contributed by atoms with E-state index in [0.29, 0.717) is 5.92 Å². The lowest BCUT2D eigenvalue weighted by Gasteiger charge is -2.38. The number of hydrogen-bond donors (Lipinski definition) is 1. The van der Waals surface area contributed by atoms with Gasteiger partial charge in [-0.05, 0) is 31.9 Å². The van der Waals surface area contributed by atoms with E-state index in [1.165, 1.54) is 5.56 Å². The largest absolute Gasteiger partial charge is 0.326 e. The fraction of sp³-hybridized carbons (Fsp3) is 0.429. The quantitative estimate of drug-likeness (QED) is 0.787. The molecule has 0 aromatic heterocycles. The molecule has 0 spiro atoms. The first-order chi connectivity index (χ1) is 8.66. The molecule has 2 fully saturated rings. The number of thiocarbonyl (C=S) groups is 1. The van der Waals surface area contributed by atoms with E-state index in [1.54, 1.807) is 0 Å². The molecule has 4 heteroatoms. The predicted molar refractivity (Wildman–Crippen MR) is 75.9 cm³/mol. The molecule has 18 heavy (non-hydrogen) atoms. The lowest BCUT2D eigenvalue weighted by molar-refractivity contribution is 0.244. The normalized spacial score (nSPS) is 27.1. The van der Waals surface area contributed by atoms with Crippen molar-refractivity contribution in [3.63, 3.8) is 0 Å². The van der Waals surface area contributed by atoms with Crippen LogP contribution in [0, 0.1) is 12.8 Å². The fourth-order valence-electron chi connectivity index (χ4n) is 2.98. The van der Waals surface area contributed by atoms with Crippen LogP contribution in [-0.2, 0) is 0 Å². The highest BCUT2D eigenvalue weighted by molar-refractivity contribution is 7.80. The Kier molecular flexibility index (Phi) is 2.82. The Labute approximate surface area is 112 Å². The Hall–Kier alpha value is -1.42. The van der Waals surface area contributed by atoms with E-state index in [2.05, 4.69) is 5.32 Å². The molecular weight excluding hydrogens is 244 g/mol. The minimum absolute atomic E-state index is 0.0768. The zero-order valence-electron chi connectivity index (χ0n) is 10.3. The van der Waals surface area contributed by atoms with Crippen molar-refractivity contribution in [3.05, 3.63) is 29.8 Å². The van der Waals surface area contributed by atoms with Gasteiger partial charge in [0.1, 0.15) is 0 Å². The summed E-state index contributed by atoms with van der Waals surface area (Å²) in [6.07, 6.45) is 3.28. The molecule has 2 unspecified atom stereocenters. The fourth-order valence-corrected chi connectivity index (χ4v) is 3.34. The van der Waals surface area contributed by atoms with Crippen molar-refractivity contribution in [2.75, 3.05) is 4.90 Å². The predicted octanol–water partition coefficient (Wildman–Crippen LogP) is 3.02. The molecule has 1 aliphatic heterocycles. The summed E-state index contributed by atoms with van der Waals surface area (Å²) in [4.78, 5) is 14.8. The van der Waals surface area contributed by atoms with Crippen LogP contribution in [0.5, 0.6) is 0 Å². The SMILES string of the molecule is Cc1ccc(N2C(=O)NC(=S)C3CCCC32)cc1. The van der Waals surface area contributed by atoms with E-state index in [1.807, 2.05) is 36.1 Å². The summed E-state index contributed by atoms with van der Waals surface area (Å²) in [5, 5.41) is 2.83. The number of fused-ring (bicyclic) bond motifs is 1. The van der Waals surface area contributed by atoms with Crippen molar-refractivity contribution in [1.29, 1.82) is 0 Å². The van der Waals surface area contributed by atoms with Crippen molar-refractivity contribution in [1.82, 2.24) is 5.32 Å². The van der Waals surface area contributed by atoms with Gasteiger partial charge in [0.05, 0.1) is 4.99 Å². The maximum atomic E-state index is 12.2. The summed E-state index contributed by atoms with van der Waals surface area (Å²) in [5.41, 5.74) is 2.17. The molecule has 1 heterocycles. The van der Waals surface area contributed by atoms with Crippen LogP contribution in [0.4, 0.5) is 10.5 Å². The molecule has 1 aromatic carbocycles. The van der Waals surface area contributed by atoms with E-state index in [-0.39, 0.29) is 12.1 Å². The number of urea groups is 1. The number of benzene rings is 1. The van der Waals surface area contributed by atoms with Crippen molar-refractivity contribution in [2.24, 2.45) is 5.92 Å². The third-order valence-corrected chi connectivity index (χ3v) is 4.31. The summed E-state index contributed by atoms with van der Waals surface area (Å²) in [6.45, 7) is 2.05. The summed E-state index contributed by atoms with van der Waals surface area (Å²) in [7, 11) is 0. The standard InChI is InChI=1S/C14H16N2OS/c1-9-5-7-10(8-6-9)16-12-4-2-3-11(12)13(18)15-14(16)17/h5-8,11-12H,2-4H2,1H3,(H,15,17,18). The third-order valence-electron chi connectivity index (χ3n) is 3.91. The monoisotopic (exact) mass is 260 g/mol. The van der Waals surface area contributed by atoms with Crippen LogP contribution in [0.3, 0.4) is 0 Å². The highest BCUT2D eigenvalue weighted by Gasteiger charge is 2.42. The number of rotatable bonds is 1. The number of nitrogens with one attached hydrogen (secondary N) is 1. The van der Waals surface area contributed by atoms with E-state index >= 15 is 0 Å². The number of hydrogen-bond acceptors (Lipinski definition) is 2. The minimum Gasteiger partial charge on any atom is -0.301 e. The van der Waals surface area contributed by atoms with Crippen LogP contribution in [-0.4, -0.2) is 17.1 Å². The molecule has 1 N–H and O–H groups in total. The van der Waals surface area contributed by atoms with Crippen molar-refractivity contribution in [2.45, 2.75) is 32.2 Å². The average Bonchev–Trinajstić information content (AvgIpc) is 2.81. The van der Waals surface area contributed by atoms with Gasteiger partial charge < -0.3 is 5.32 Å². The van der Waals surface area contributed by atoms with E-state index in [4.69, 9.17) is 12.2 Å². The molecule has 2 amide bonds. The van der Waals surface area contributed by atoms with Crippen LogP contribution in [0.1, 0.15) is 24.8 Å². The average molecular weight is 260 g/mol. The highest BCUT2D eigenvalue weighted by Crippen LogP contribution is 2.36. The summed E-state index contributed by atoms with van der Waals surface area (Å²) >= 11 is 5.29. The Balaban J connectivity index is 1.96. The van der Waals surface area contributed by atoms with Crippen molar-refractivity contribution < 1.29 is 4.79 Å². The molecule has 1 saturated carbocycles. The van der Waals surface area contributed by atoms with Gasteiger partial charge in [-0.25, -0.2) is 4.79 Å². The molecular formula is C14H16N2OS. The molecule has 1 aliphatic carbocycles. The Morgan fingerprint density at radius 3 is 2.72 bits per heavy atom. The second kappa shape index (κ2) is 4.35. The topological polar surface area (TPSA) is 32.3 Å². The summed E-state index contributed by atoms with van der Waals surface area (Å²) < 4.78 is 0. The lowest BCUT2D eigenvalue weighted by Crippen LogP contribution is -2.58. The van der Waals surface area contributed by atoms with Crippen LogP contribution < -0.4 is 10.2 Å². The second-order valence-corrected chi connectivity index (χ2v) is 5.54. The van der Waals surface area contributed by atoms with E-state index in [0.717, 1.165) is 29.9 Å². The van der Waals surface area contributed by atoms with Crippen LogP contribution in [0.15, 0.2) is 24.3 Å². The van der Waals surface area contributed by atoms with Gasteiger partial charge in [0, 0.05) is 17.6 Å². The van der Waals surface area contributed by atoms with Gasteiger partial charge in [-0.3, -0.25) is 4.90 Å². The molecule has 94 valence electrons. The van der Waals surface area contributed by atoms with Gasteiger partial charge >= 0.3 is 6.03 Å². The molecule has 3 rings (SSSR count). The third kappa shape index (κ3) is 1.81. The van der Waals surface area contributed by atoms with Gasteiger partial charge in [0.2, 0.25) is 0 Å². The van der Waals surface area contributed by atoms with Crippen LogP contribution >= 0.6 is 12.2 Å². The smallest absolute Gasteiger partial charge is 0.301 e. The van der Waals surface area contributed by atoms with Crippen LogP contribution in [0.25, 0.3) is 0 Å². The van der Waals surface area contributed by atoms with Gasteiger partial charge in [-0.15, -0.1) is 0 Å². The molecule has 2 atom stereocenters. The number of aryl methyl sites for hydroxylation is 1. The summed E-state index contributed by atoms with van der Waals surface area (Å²) in [6, 6.07) is 8.28. The molecule has 0 radical (unpaired) electrons. The molecule has 1 aromatic rings. The van der Waals surface area contributed by atoms with Gasteiger partial charge in [-0.1, -0.05) is 36.3 Å². The first-order valence-electron chi connectivity index (χ1n) is 6.37. The van der Waals surface area contributed by atoms with Gasteiger partial charge in [0.15, 0.2) is 0 Å². The van der Waals surface area contributed by atoms with Gasteiger partial charge in [-0.2, -0.15) is 0 Å². The minimum atomic E-state index is -0.0768. The molecule has 2 aliphatic rings. The maximum absolute atomic E-state index is 12.2. The zero-order valence-corrected chi connectivity index (χ0v) is 11.2. The van der Waals surface area contributed by atoms with E-state index in [9.17, 15) is 4.79 Å². The Morgan fingerprint density at radius 2 is 2.00 bits per heavy atom. The Morgan fingerprint density at radius 1 is 1.28 bits per heavy atom. The molecule has 1 saturated heterocycles. The highest BCUT2D eigenvalue weighted by atomic mass is 32.1. The Bertz CT molecular complexity index is 497. The number of amides is 2. The molecule has 3 nitrogen and oxygen atoms in total. The summed E-state index contributed by atoms with van der Waals surface area (Å²) in [5.74, 6) is 0.332. The van der Waals surface area contributed by atoms with Gasteiger partial charge in [0.25, 0.3) is 0 Å². The number of anilines is 1.